The van der Waals surface area contributed by atoms with Gasteiger partial charge in [-0.05, 0) is 37.5 Å². The largest absolute Gasteiger partial charge is 0.484 e. The number of ether oxygens (including phenoxy) is 1. The number of benzene rings is 1. The fourth-order valence-electron chi connectivity index (χ4n) is 2.47. The first-order valence-corrected chi connectivity index (χ1v) is 8.98. The molecule has 1 fully saturated rings. The van der Waals surface area contributed by atoms with Crippen molar-refractivity contribution in [3.05, 3.63) is 29.8 Å². The number of carbonyl (C=O) groups excluding carboxylic acids is 1. The number of rotatable bonds is 4. The van der Waals surface area contributed by atoms with Gasteiger partial charge in [-0.3, -0.25) is 4.79 Å². The van der Waals surface area contributed by atoms with Gasteiger partial charge in [-0.15, -0.1) is 0 Å². The molecule has 1 heterocycles. The van der Waals surface area contributed by atoms with Crippen LogP contribution in [0, 0.1) is 6.92 Å². The molecule has 0 N–H and O–H groups in total. The van der Waals surface area contributed by atoms with Gasteiger partial charge in [0, 0.05) is 19.3 Å². The minimum absolute atomic E-state index is 0.00695. The van der Waals surface area contributed by atoms with Crippen molar-refractivity contribution in [2.75, 3.05) is 26.0 Å². The molecule has 1 aromatic rings. The van der Waals surface area contributed by atoms with Crippen LogP contribution in [0.3, 0.4) is 0 Å². The summed E-state index contributed by atoms with van der Waals surface area (Å²) in [6, 6.07) is 7.54. The molecule has 1 aliphatic heterocycles. The normalized spacial score (nSPS) is 16.8. The topological polar surface area (TPSA) is 63.7 Å². The molecule has 2 rings (SSSR count). The van der Waals surface area contributed by atoms with Gasteiger partial charge in [-0.1, -0.05) is 12.1 Å². The molecule has 21 heavy (non-hydrogen) atoms. The van der Waals surface area contributed by atoms with Gasteiger partial charge in [-0.2, -0.15) is 0 Å². The van der Waals surface area contributed by atoms with Crippen molar-refractivity contribution in [3.63, 3.8) is 0 Å². The lowest BCUT2D eigenvalue weighted by molar-refractivity contribution is -0.134. The minimum Gasteiger partial charge on any atom is -0.484 e. The van der Waals surface area contributed by atoms with Crippen LogP contribution in [0.25, 0.3) is 0 Å². The molecular formula is C15H21NO4S. The standard InChI is InChI=1S/C15H21NO4S/c1-12-4-3-5-13(10-12)20-11-15(17)16-8-6-14(7-9-16)21(2,18)19/h3-5,10,14H,6-9,11H2,1-2H3. The molecule has 0 unspecified atom stereocenters. The first-order chi connectivity index (χ1) is 9.86. The molecule has 0 radical (unpaired) electrons. The van der Waals surface area contributed by atoms with Crippen LogP contribution in [0.5, 0.6) is 5.75 Å². The van der Waals surface area contributed by atoms with E-state index in [4.69, 9.17) is 4.74 Å². The van der Waals surface area contributed by atoms with Crippen molar-refractivity contribution in [1.82, 2.24) is 4.90 Å². The predicted octanol–water partition coefficient (Wildman–Crippen LogP) is 1.41. The average Bonchev–Trinajstić information content (AvgIpc) is 2.44. The zero-order valence-electron chi connectivity index (χ0n) is 12.4. The Hall–Kier alpha value is -1.56. The molecule has 0 aromatic heterocycles. The van der Waals surface area contributed by atoms with Crippen LogP contribution in [0.2, 0.25) is 0 Å². The van der Waals surface area contributed by atoms with Crippen LogP contribution in [0.4, 0.5) is 0 Å². The molecular weight excluding hydrogens is 290 g/mol. The highest BCUT2D eigenvalue weighted by atomic mass is 32.2. The van der Waals surface area contributed by atoms with E-state index in [2.05, 4.69) is 0 Å². The highest BCUT2D eigenvalue weighted by Crippen LogP contribution is 2.18. The Labute approximate surface area is 125 Å². The summed E-state index contributed by atoms with van der Waals surface area (Å²) in [4.78, 5) is 13.7. The van der Waals surface area contributed by atoms with E-state index < -0.39 is 9.84 Å². The number of aryl methyl sites for hydroxylation is 1. The second-order valence-corrected chi connectivity index (χ2v) is 7.84. The van der Waals surface area contributed by atoms with Crippen LogP contribution in [0.1, 0.15) is 18.4 Å². The van der Waals surface area contributed by atoms with E-state index in [9.17, 15) is 13.2 Å². The Balaban J connectivity index is 1.83. The SMILES string of the molecule is Cc1cccc(OCC(=O)N2CCC(S(C)(=O)=O)CC2)c1. The van der Waals surface area contributed by atoms with Gasteiger partial charge in [-0.25, -0.2) is 8.42 Å². The second-order valence-electron chi connectivity index (χ2n) is 5.51. The number of piperidine rings is 1. The minimum atomic E-state index is -3.00. The van der Waals surface area contributed by atoms with E-state index in [1.807, 2.05) is 31.2 Å². The Morgan fingerprint density at radius 1 is 1.33 bits per heavy atom. The van der Waals surface area contributed by atoms with E-state index in [1.165, 1.54) is 6.26 Å². The van der Waals surface area contributed by atoms with Crippen LogP contribution < -0.4 is 4.74 Å². The maximum Gasteiger partial charge on any atom is 0.260 e. The van der Waals surface area contributed by atoms with Gasteiger partial charge in [0.2, 0.25) is 0 Å². The van der Waals surface area contributed by atoms with E-state index in [0.29, 0.717) is 31.7 Å². The summed E-state index contributed by atoms with van der Waals surface area (Å²) in [5, 5.41) is -0.320. The lowest BCUT2D eigenvalue weighted by Crippen LogP contribution is -2.44. The fraction of sp³-hybridized carbons (Fsp3) is 0.533. The highest BCUT2D eigenvalue weighted by molar-refractivity contribution is 7.91. The number of likely N-dealkylation sites (tertiary alicyclic amines) is 1. The van der Waals surface area contributed by atoms with Gasteiger partial charge in [0.15, 0.2) is 6.61 Å². The van der Waals surface area contributed by atoms with Crippen LogP contribution in [-0.2, 0) is 14.6 Å². The highest BCUT2D eigenvalue weighted by Gasteiger charge is 2.28. The summed E-state index contributed by atoms with van der Waals surface area (Å²) in [7, 11) is -3.00. The molecule has 0 saturated carbocycles. The van der Waals surface area contributed by atoms with Gasteiger partial charge in [0.25, 0.3) is 5.91 Å². The number of hydrogen-bond acceptors (Lipinski definition) is 4. The first-order valence-electron chi connectivity index (χ1n) is 7.02. The Bertz CT molecular complexity index is 604. The Kier molecular flexibility index (Phi) is 4.88. The molecule has 0 bridgehead atoms. The van der Waals surface area contributed by atoms with Crippen molar-refractivity contribution in [2.24, 2.45) is 0 Å². The van der Waals surface area contributed by atoms with Crippen LogP contribution in [0.15, 0.2) is 24.3 Å². The third-order valence-corrected chi connectivity index (χ3v) is 5.43. The summed E-state index contributed by atoms with van der Waals surface area (Å²) >= 11 is 0. The van der Waals surface area contributed by atoms with Crippen molar-refractivity contribution in [1.29, 1.82) is 0 Å². The quantitative estimate of drug-likeness (QED) is 0.843. The summed E-state index contributed by atoms with van der Waals surface area (Å²) in [6.45, 7) is 2.92. The first kappa shape index (κ1) is 15.8. The molecule has 0 spiro atoms. The molecule has 1 aliphatic rings. The predicted molar refractivity (Wildman–Crippen MR) is 81.1 cm³/mol. The zero-order valence-corrected chi connectivity index (χ0v) is 13.2. The van der Waals surface area contributed by atoms with Gasteiger partial charge in [0.1, 0.15) is 15.6 Å². The van der Waals surface area contributed by atoms with E-state index in [1.54, 1.807) is 4.90 Å². The van der Waals surface area contributed by atoms with Crippen LogP contribution >= 0.6 is 0 Å². The maximum absolute atomic E-state index is 12.1. The molecule has 0 aliphatic carbocycles. The smallest absolute Gasteiger partial charge is 0.260 e. The summed E-state index contributed by atoms with van der Waals surface area (Å²) in [5.41, 5.74) is 1.08. The molecule has 5 nitrogen and oxygen atoms in total. The van der Waals surface area contributed by atoms with Crippen molar-refractivity contribution >= 4 is 15.7 Å². The zero-order chi connectivity index (χ0) is 15.5. The lowest BCUT2D eigenvalue weighted by atomic mass is 10.1. The molecule has 1 aromatic carbocycles. The molecule has 1 saturated heterocycles. The van der Waals surface area contributed by atoms with Gasteiger partial charge < -0.3 is 9.64 Å². The number of carbonyl (C=O) groups is 1. The van der Waals surface area contributed by atoms with Gasteiger partial charge in [0.05, 0.1) is 5.25 Å². The average molecular weight is 311 g/mol. The molecule has 6 heteroatoms. The third kappa shape index (κ3) is 4.46. The Morgan fingerprint density at radius 2 is 2.00 bits per heavy atom. The number of sulfone groups is 1. The van der Waals surface area contributed by atoms with Crippen molar-refractivity contribution in [3.8, 4) is 5.75 Å². The third-order valence-electron chi connectivity index (χ3n) is 3.75. The maximum atomic E-state index is 12.1. The number of amides is 1. The van der Waals surface area contributed by atoms with E-state index in [0.717, 1.165) is 5.56 Å². The number of hydrogen-bond donors (Lipinski definition) is 0. The fourth-order valence-corrected chi connectivity index (χ4v) is 3.54. The number of nitrogens with zero attached hydrogens (tertiary/aromatic N) is 1. The van der Waals surface area contributed by atoms with Crippen molar-refractivity contribution in [2.45, 2.75) is 25.0 Å². The van der Waals surface area contributed by atoms with E-state index in [-0.39, 0.29) is 17.8 Å². The molecule has 0 atom stereocenters. The van der Waals surface area contributed by atoms with Crippen LogP contribution in [-0.4, -0.2) is 50.4 Å². The molecule has 1 amide bonds. The monoisotopic (exact) mass is 311 g/mol. The lowest BCUT2D eigenvalue weighted by Gasteiger charge is -2.31. The van der Waals surface area contributed by atoms with E-state index >= 15 is 0 Å². The van der Waals surface area contributed by atoms with Crippen molar-refractivity contribution < 1.29 is 17.9 Å². The second kappa shape index (κ2) is 6.47. The summed E-state index contributed by atoms with van der Waals surface area (Å²) in [5.74, 6) is 0.581. The summed E-state index contributed by atoms with van der Waals surface area (Å²) in [6.07, 6.45) is 2.28. The Morgan fingerprint density at radius 3 is 2.57 bits per heavy atom. The molecule has 116 valence electrons. The summed E-state index contributed by atoms with van der Waals surface area (Å²) < 4.78 is 28.4. The van der Waals surface area contributed by atoms with Gasteiger partial charge >= 0.3 is 0 Å².